The lowest BCUT2D eigenvalue weighted by Gasteiger charge is -2.17. The van der Waals surface area contributed by atoms with Gasteiger partial charge in [0.1, 0.15) is 0 Å². The Bertz CT molecular complexity index is 652. The average Bonchev–Trinajstić information content (AvgIpc) is 2.43. The molecule has 0 aliphatic carbocycles. The fourth-order valence-electron chi connectivity index (χ4n) is 2.00. The monoisotopic (exact) mass is 353 g/mol. The van der Waals surface area contributed by atoms with Crippen molar-refractivity contribution in [3.63, 3.8) is 0 Å². The summed E-state index contributed by atoms with van der Waals surface area (Å²) >= 11 is 0. The number of anilines is 1. The highest BCUT2D eigenvalue weighted by Gasteiger charge is 2.05. The quantitative estimate of drug-likeness (QED) is 0.698. The lowest BCUT2D eigenvalue weighted by molar-refractivity contribution is -2.00. The van der Waals surface area contributed by atoms with Crippen LogP contribution in [0.3, 0.4) is 0 Å². The standard InChI is InChI=1S/C17H20NO.ClHO4/c1-13-11-16(12-14(2)19-13)6-5-15-7-9-17(10-8-15)18(3)4;2-1(3,4)5/h5-12H,1-4H3;(H,2,3,4,5)/q+1;/p-1/b6-5+;. The number of benzene rings is 1. The van der Waals surface area contributed by atoms with Crippen molar-refractivity contribution in [1.82, 2.24) is 0 Å². The summed E-state index contributed by atoms with van der Waals surface area (Å²) in [6, 6.07) is 12.6. The number of hydrogen-bond donors (Lipinski definition) is 0. The molecule has 1 aromatic carbocycles. The van der Waals surface area contributed by atoms with Gasteiger partial charge in [0.05, 0.1) is 13.8 Å². The number of halogens is 1. The first-order valence-electron chi connectivity index (χ1n) is 7.03. The van der Waals surface area contributed by atoms with Crippen LogP contribution in [0.25, 0.3) is 12.2 Å². The van der Waals surface area contributed by atoms with Crippen LogP contribution < -0.4 is 23.5 Å². The molecule has 0 amide bonds. The SMILES string of the molecule is Cc1cc(/C=C/c2ccc(N(C)C)cc2)cc(C)[o+]1.[O-][Cl+3]([O-])([O-])[O-]. The molecule has 0 aliphatic heterocycles. The number of rotatable bonds is 3. The van der Waals surface area contributed by atoms with Gasteiger partial charge in [-0.15, -0.1) is 10.2 Å². The summed E-state index contributed by atoms with van der Waals surface area (Å²) < 4.78 is 39.4. The molecule has 0 saturated heterocycles. The first-order chi connectivity index (χ1) is 11.0. The molecule has 0 saturated carbocycles. The first kappa shape index (κ1) is 20.1. The first-order valence-corrected chi connectivity index (χ1v) is 8.26. The number of nitrogens with zero attached hydrogens (tertiary/aromatic N) is 1. The van der Waals surface area contributed by atoms with Crippen LogP contribution in [0.5, 0.6) is 0 Å². The van der Waals surface area contributed by atoms with Crippen LogP contribution in [-0.2, 0) is 0 Å². The van der Waals surface area contributed by atoms with Crippen LogP contribution in [0.4, 0.5) is 5.69 Å². The van der Waals surface area contributed by atoms with Gasteiger partial charge in [0.15, 0.2) is 0 Å². The van der Waals surface area contributed by atoms with Crippen molar-refractivity contribution >= 4 is 17.8 Å². The van der Waals surface area contributed by atoms with Gasteiger partial charge < -0.3 is 4.90 Å². The highest BCUT2D eigenvalue weighted by molar-refractivity contribution is 5.70. The summed E-state index contributed by atoms with van der Waals surface area (Å²) in [4.78, 5) is 2.10. The minimum Gasteiger partial charge on any atom is -0.378 e. The number of hydrogen-bond acceptors (Lipinski definition) is 5. The van der Waals surface area contributed by atoms with Crippen molar-refractivity contribution in [2.75, 3.05) is 19.0 Å². The van der Waals surface area contributed by atoms with Gasteiger partial charge in [-0.2, -0.15) is 0 Å². The Morgan fingerprint density at radius 2 is 1.25 bits per heavy atom. The Balaban J connectivity index is 0.000000505. The Kier molecular flexibility index (Phi) is 7.34. The van der Waals surface area contributed by atoms with E-state index in [1.54, 1.807) is 0 Å². The van der Waals surface area contributed by atoms with E-state index in [0.29, 0.717) is 0 Å². The van der Waals surface area contributed by atoms with E-state index in [2.05, 4.69) is 41.3 Å². The molecule has 0 N–H and O–H groups in total. The topological polar surface area (TPSA) is 107 Å². The molecule has 24 heavy (non-hydrogen) atoms. The molecular weight excluding hydrogens is 334 g/mol. The highest BCUT2D eigenvalue weighted by Crippen LogP contribution is 2.16. The third-order valence-electron chi connectivity index (χ3n) is 2.94. The molecule has 0 spiro atoms. The summed E-state index contributed by atoms with van der Waals surface area (Å²) in [7, 11) is -0.853. The molecule has 2 aromatic rings. The van der Waals surface area contributed by atoms with Crippen molar-refractivity contribution in [3.05, 3.63) is 59.0 Å². The molecule has 0 bridgehead atoms. The smallest absolute Gasteiger partial charge is 0.327 e. The van der Waals surface area contributed by atoms with E-state index in [1.807, 2.05) is 40.1 Å². The third kappa shape index (κ3) is 8.61. The van der Waals surface area contributed by atoms with Gasteiger partial charge in [0.2, 0.25) is 0 Å². The van der Waals surface area contributed by atoms with E-state index in [9.17, 15) is 0 Å². The van der Waals surface area contributed by atoms with Crippen molar-refractivity contribution in [1.29, 1.82) is 0 Å². The summed E-state index contributed by atoms with van der Waals surface area (Å²) in [5.41, 5.74) is 3.57. The Hall–Kier alpha value is -1.96. The maximum atomic E-state index is 8.49. The summed E-state index contributed by atoms with van der Waals surface area (Å²) in [6.45, 7) is 3.94. The van der Waals surface area contributed by atoms with Crippen LogP contribution in [0.1, 0.15) is 22.6 Å². The highest BCUT2D eigenvalue weighted by atomic mass is 35.7. The van der Waals surface area contributed by atoms with Crippen LogP contribution in [-0.4, -0.2) is 14.1 Å². The minimum absolute atomic E-state index is 0.933. The van der Waals surface area contributed by atoms with E-state index in [0.717, 1.165) is 17.1 Å². The van der Waals surface area contributed by atoms with Gasteiger partial charge in [-0.25, -0.2) is 23.1 Å². The van der Waals surface area contributed by atoms with E-state index < -0.39 is 10.2 Å². The zero-order chi connectivity index (χ0) is 18.3. The minimum atomic E-state index is -4.94. The van der Waals surface area contributed by atoms with E-state index in [4.69, 9.17) is 23.1 Å². The predicted octanol–water partition coefficient (Wildman–Crippen LogP) is -0.342. The fourth-order valence-corrected chi connectivity index (χ4v) is 2.00. The second-order valence-electron chi connectivity index (χ2n) is 5.31. The Morgan fingerprint density at radius 1 is 0.833 bits per heavy atom. The molecule has 0 atom stereocenters. The second kappa shape index (κ2) is 8.77. The van der Waals surface area contributed by atoms with Crippen LogP contribution in [0, 0.1) is 24.1 Å². The van der Waals surface area contributed by atoms with Crippen LogP contribution in [0.15, 0.2) is 40.8 Å². The molecule has 0 unspecified atom stereocenters. The molecule has 1 aromatic heterocycles. The molecule has 1 heterocycles. The van der Waals surface area contributed by atoms with Gasteiger partial charge in [0.25, 0.3) is 0 Å². The second-order valence-corrected chi connectivity index (χ2v) is 6.07. The molecule has 0 fully saturated rings. The van der Waals surface area contributed by atoms with Crippen molar-refractivity contribution in [3.8, 4) is 0 Å². The largest absolute Gasteiger partial charge is 0.378 e. The average molecular weight is 354 g/mol. The van der Waals surface area contributed by atoms with Crippen molar-refractivity contribution in [2.45, 2.75) is 13.8 Å². The molecular formula is C17H20ClNO5. The molecule has 2 rings (SSSR count). The van der Waals surface area contributed by atoms with Crippen molar-refractivity contribution in [2.24, 2.45) is 0 Å². The lowest BCUT2D eigenvalue weighted by Crippen LogP contribution is -2.68. The van der Waals surface area contributed by atoms with Gasteiger partial charge >= 0.3 is 11.5 Å². The van der Waals surface area contributed by atoms with E-state index in [-0.39, 0.29) is 0 Å². The Labute approximate surface area is 143 Å². The Morgan fingerprint density at radius 3 is 1.67 bits per heavy atom. The normalized spacial score (nSPS) is 11.2. The fraction of sp³-hybridized carbons (Fsp3) is 0.235. The van der Waals surface area contributed by atoms with Gasteiger partial charge in [-0.1, -0.05) is 24.3 Å². The maximum absolute atomic E-state index is 8.49. The maximum Gasteiger partial charge on any atom is 0.327 e. The lowest BCUT2D eigenvalue weighted by atomic mass is 10.1. The summed E-state index contributed by atoms with van der Waals surface area (Å²) in [6.07, 6.45) is 4.23. The summed E-state index contributed by atoms with van der Waals surface area (Å²) in [5, 5.41) is 0. The summed E-state index contributed by atoms with van der Waals surface area (Å²) in [5.74, 6) is 1.87. The zero-order valence-corrected chi connectivity index (χ0v) is 14.7. The molecule has 130 valence electrons. The van der Waals surface area contributed by atoms with Crippen LogP contribution in [0.2, 0.25) is 0 Å². The molecule has 0 radical (unpaired) electrons. The zero-order valence-electron chi connectivity index (χ0n) is 14.0. The van der Waals surface area contributed by atoms with Crippen LogP contribution >= 0.6 is 0 Å². The van der Waals surface area contributed by atoms with Crippen molar-refractivity contribution < 1.29 is 33.3 Å². The molecule has 7 heteroatoms. The van der Waals surface area contributed by atoms with E-state index in [1.165, 1.54) is 11.3 Å². The predicted molar refractivity (Wildman–Crippen MR) is 82.3 cm³/mol. The molecule has 6 nitrogen and oxygen atoms in total. The van der Waals surface area contributed by atoms with Gasteiger partial charge in [-0.05, 0) is 23.3 Å². The number of aryl methyl sites for hydroxylation is 2. The molecule has 0 aliphatic rings. The third-order valence-corrected chi connectivity index (χ3v) is 2.94. The van der Waals surface area contributed by atoms with Gasteiger partial charge in [-0.3, -0.25) is 0 Å². The van der Waals surface area contributed by atoms with E-state index >= 15 is 0 Å². The van der Waals surface area contributed by atoms with Gasteiger partial charge in [0, 0.05) is 31.9 Å².